The SMILES string of the molecule is CC(Sc1nnc(C(C)Oc2ccccc2C(C)C)n1C(C)C)C(=O)Nc1ccc(F)c(Cl)c1. The third-order valence-electron chi connectivity index (χ3n) is 5.25. The lowest BCUT2D eigenvalue weighted by Crippen LogP contribution is -2.23. The molecule has 0 saturated heterocycles. The van der Waals surface area contributed by atoms with Crippen molar-refractivity contribution in [2.45, 2.75) is 70.0 Å². The van der Waals surface area contributed by atoms with Crippen molar-refractivity contribution in [1.82, 2.24) is 14.8 Å². The van der Waals surface area contributed by atoms with Crippen LogP contribution >= 0.6 is 23.4 Å². The topological polar surface area (TPSA) is 69.0 Å². The molecule has 3 aromatic rings. The molecule has 1 aromatic heterocycles. The van der Waals surface area contributed by atoms with Crippen molar-refractivity contribution < 1.29 is 13.9 Å². The number of nitrogens with one attached hydrogen (secondary N) is 1. The van der Waals surface area contributed by atoms with E-state index in [0.29, 0.717) is 22.6 Å². The Labute approximate surface area is 209 Å². The van der Waals surface area contributed by atoms with Crippen molar-refractivity contribution >= 4 is 35.0 Å². The molecule has 0 aliphatic rings. The first kappa shape index (κ1) is 26.0. The number of hydrogen-bond donors (Lipinski definition) is 1. The summed E-state index contributed by atoms with van der Waals surface area (Å²) >= 11 is 7.12. The van der Waals surface area contributed by atoms with Crippen LogP contribution < -0.4 is 10.1 Å². The van der Waals surface area contributed by atoms with Gasteiger partial charge in [0.05, 0.1) is 10.3 Å². The number of carbonyl (C=O) groups excluding carboxylic acids is 1. The van der Waals surface area contributed by atoms with Gasteiger partial charge in [-0.25, -0.2) is 4.39 Å². The van der Waals surface area contributed by atoms with Crippen molar-refractivity contribution in [2.75, 3.05) is 5.32 Å². The highest BCUT2D eigenvalue weighted by atomic mass is 35.5. The van der Waals surface area contributed by atoms with Crippen LogP contribution in [0.3, 0.4) is 0 Å². The van der Waals surface area contributed by atoms with E-state index in [1.54, 1.807) is 6.92 Å². The lowest BCUT2D eigenvalue weighted by Gasteiger charge is -2.21. The van der Waals surface area contributed by atoms with Crippen LogP contribution in [0.4, 0.5) is 10.1 Å². The fraction of sp³-hybridized carbons (Fsp3) is 0.400. The molecule has 1 N–H and O–H groups in total. The van der Waals surface area contributed by atoms with Crippen molar-refractivity contribution in [3.63, 3.8) is 0 Å². The Morgan fingerprint density at radius 1 is 1.09 bits per heavy atom. The van der Waals surface area contributed by atoms with Gasteiger partial charge in [-0.05, 0) is 63.4 Å². The maximum Gasteiger partial charge on any atom is 0.237 e. The van der Waals surface area contributed by atoms with E-state index in [4.69, 9.17) is 16.3 Å². The lowest BCUT2D eigenvalue weighted by atomic mass is 10.0. The summed E-state index contributed by atoms with van der Waals surface area (Å²) in [5.74, 6) is 1.06. The summed E-state index contributed by atoms with van der Waals surface area (Å²) in [7, 11) is 0. The molecule has 0 bridgehead atoms. The second-order valence-corrected chi connectivity index (χ2v) is 10.4. The van der Waals surface area contributed by atoms with Gasteiger partial charge in [-0.15, -0.1) is 10.2 Å². The van der Waals surface area contributed by atoms with Crippen LogP contribution in [-0.2, 0) is 4.79 Å². The van der Waals surface area contributed by atoms with Crippen LogP contribution in [0.25, 0.3) is 0 Å². The zero-order chi connectivity index (χ0) is 25.0. The number of carbonyl (C=O) groups is 1. The Morgan fingerprint density at radius 3 is 2.44 bits per heavy atom. The molecule has 1 amide bonds. The number of halogens is 2. The van der Waals surface area contributed by atoms with Crippen molar-refractivity contribution in [3.8, 4) is 5.75 Å². The first-order chi connectivity index (χ1) is 16.1. The summed E-state index contributed by atoms with van der Waals surface area (Å²) in [6.45, 7) is 12.1. The fourth-order valence-corrected chi connectivity index (χ4v) is 4.64. The molecule has 1 heterocycles. The van der Waals surface area contributed by atoms with Gasteiger partial charge >= 0.3 is 0 Å². The molecule has 0 fully saturated rings. The van der Waals surface area contributed by atoms with Gasteiger partial charge in [-0.3, -0.25) is 4.79 Å². The van der Waals surface area contributed by atoms with Crippen LogP contribution in [0.5, 0.6) is 5.75 Å². The number of aromatic nitrogens is 3. The van der Waals surface area contributed by atoms with Gasteiger partial charge in [-0.2, -0.15) is 0 Å². The molecule has 34 heavy (non-hydrogen) atoms. The smallest absolute Gasteiger partial charge is 0.237 e. The quantitative estimate of drug-likeness (QED) is 0.317. The van der Waals surface area contributed by atoms with Crippen molar-refractivity contribution in [3.05, 3.63) is 64.7 Å². The Bertz CT molecular complexity index is 1150. The summed E-state index contributed by atoms with van der Waals surface area (Å²) in [4.78, 5) is 12.7. The summed E-state index contributed by atoms with van der Waals surface area (Å²) in [6, 6.07) is 12.1. The van der Waals surface area contributed by atoms with E-state index in [2.05, 4.69) is 35.4 Å². The highest BCUT2D eigenvalue weighted by Gasteiger charge is 2.25. The van der Waals surface area contributed by atoms with Gasteiger partial charge in [0.1, 0.15) is 11.6 Å². The maximum absolute atomic E-state index is 13.4. The van der Waals surface area contributed by atoms with E-state index in [1.165, 1.54) is 30.0 Å². The number of benzene rings is 2. The van der Waals surface area contributed by atoms with Gasteiger partial charge in [0.25, 0.3) is 0 Å². The highest BCUT2D eigenvalue weighted by molar-refractivity contribution is 8.00. The average Bonchev–Trinajstić information content (AvgIpc) is 3.20. The summed E-state index contributed by atoms with van der Waals surface area (Å²) in [5.41, 5.74) is 1.56. The Hall–Kier alpha value is -2.58. The largest absolute Gasteiger partial charge is 0.482 e. The molecule has 6 nitrogen and oxygen atoms in total. The zero-order valence-electron chi connectivity index (χ0n) is 20.2. The molecular weight excluding hydrogens is 475 g/mol. The zero-order valence-corrected chi connectivity index (χ0v) is 21.7. The molecule has 0 aliphatic heterocycles. The molecule has 2 unspecified atom stereocenters. The highest BCUT2D eigenvalue weighted by Crippen LogP contribution is 2.33. The molecule has 2 aromatic carbocycles. The lowest BCUT2D eigenvalue weighted by molar-refractivity contribution is -0.115. The van der Waals surface area contributed by atoms with Gasteiger partial charge in [0.2, 0.25) is 5.91 Å². The molecule has 3 rings (SSSR count). The first-order valence-corrected chi connectivity index (χ1v) is 12.5. The van der Waals surface area contributed by atoms with Gasteiger partial charge in [0, 0.05) is 11.7 Å². The van der Waals surface area contributed by atoms with Gasteiger partial charge in [0.15, 0.2) is 17.1 Å². The van der Waals surface area contributed by atoms with E-state index in [0.717, 1.165) is 11.3 Å². The normalized spacial score (nSPS) is 13.2. The Kier molecular flexibility index (Phi) is 8.60. The molecule has 9 heteroatoms. The monoisotopic (exact) mass is 504 g/mol. The summed E-state index contributed by atoms with van der Waals surface area (Å²) in [6.07, 6.45) is -0.338. The third-order valence-corrected chi connectivity index (χ3v) is 6.60. The molecule has 2 atom stereocenters. The van der Waals surface area contributed by atoms with Crippen LogP contribution in [0, 0.1) is 5.82 Å². The Balaban J connectivity index is 1.76. The second-order valence-electron chi connectivity index (χ2n) is 8.64. The molecule has 0 aliphatic carbocycles. The second kappa shape index (κ2) is 11.2. The predicted octanol–water partition coefficient (Wildman–Crippen LogP) is 7.03. The summed E-state index contributed by atoms with van der Waals surface area (Å²) < 4.78 is 21.7. The number of rotatable bonds is 9. The number of ether oxygens (including phenoxy) is 1. The minimum absolute atomic E-state index is 0.0460. The molecule has 0 saturated carbocycles. The third kappa shape index (κ3) is 6.10. The Morgan fingerprint density at radius 2 is 1.79 bits per heavy atom. The first-order valence-electron chi connectivity index (χ1n) is 11.2. The standard InChI is InChI=1S/C25H30ClFN4O2S/c1-14(2)19-9-7-8-10-22(19)33-16(5)23-29-30-25(31(23)15(3)4)34-17(6)24(32)28-18-11-12-21(27)20(26)13-18/h7-17H,1-6H3,(H,28,32). The maximum atomic E-state index is 13.4. The fourth-order valence-electron chi connectivity index (χ4n) is 3.47. The van der Waals surface area contributed by atoms with Crippen LogP contribution in [0.1, 0.15) is 71.0 Å². The number of nitrogens with zero attached hydrogens (tertiary/aromatic N) is 3. The minimum atomic E-state index is -0.535. The van der Waals surface area contributed by atoms with E-state index < -0.39 is 11.1 Å². The van der Waals surface area contributed by atoms with E-state index in [9.17, 15) is 9.18 Å². The van der Waals surface area contributed by atoms with E-state index in [1.807, 2.05) is 43.5 Å². The minimum Gasteiger partial charge on any atom is -0.482 e. The number of anilines is 1. The van der Waals surface area contributed by atoms with E-state index >= 15 is 0 Å². The van der Waals surface area contributed by atoms with Crippen molar-refractivity contribution in [1.29, 1.82) is 0 Å². The molecule has 0 spiro atoms. The van der Waals surface area contributed by atoms with E-state index in [-0.39, 0.29) is 23.1 Å². The van der Waals surface area contributed by atoms with Gasteiger partial charge in [-0.1, -0.05) is 55.4 Å². The number of para-hydroxylation sites is 1. The predicted molar refractivity (Wildman–Crippen MR) is 135 cm³/mol. The molecule has 0 radical (unpaired) electrons. The molecule has 182 valence electrons. The summed E-state index contributed by atoms with van der Waals surface area (Å²) in [5, 5.41) is 11.6. The molecular formula is C25H30ClFN4O2S. The number of amides is 1. The van der Waals surface area contributed by atoms with Crippen LogP contribution in [0.15, 0.2) is 47.6 Å². The van der Waals surface area contributed by atoms with Crippen LogP contribution in [0.2, 0.25) is 5.02 Å². The number of hydrogen-bond acceptors (Lipinski definition) is 5. The van der Waals surface area contributed by atoms with Crippen molar-refractivity contribution in [2.24, 2.45) is 0 Å². The van der Waals surface area contributed by atoms with Gasteiger partial charge < -0.3 is 14.6 Å². The average molecular weight is 505 g/mol. The number of thioether (sulfide) groups is 1. The van der Waals surface area contributed by atoms with Crippen LogP contribution in [-0.4, -0.2) is 25.9 Å².